The van der Waals surface area contributed by atoms with E-state index in [4.69, 9.17) is 0 Å². The smallest absolute Gasteiger partial charge is 0.0355 e. The minimum atomic E-state index is 1.18. The summed E-state index contributed by atoms with van der Waals surface area (Å²) in [6.45, 7) is 0. The molecule has 0 unspecified atom stereocenters. The van der Waals surface area contributed by atoms with Crippen LogP contribution in [0.15, 0.2) is 78.4 Å². The zero-order chi connectivity index (χ0) is 14.1. The minimum absolute atomic E-state index is 1.18. The first-order valence-electron chi connectivity index (χ1n) is 6.89. The molecule has 0 amide bonds. The normalized spacial score (nSPS) is 10.9. The summed E-state index contributed by atoms with van der Waals surface area (Å²) >= 11 is 1.79. The molecule has 0 atom stereocenters. The number of nitrogens with zero attached hydrogens (tertiary/aromatic N) is 1. The molecular weight excluding hydrogens is 274 g/mol. The van der Waals surface area contributed by atoms with Crippen molar-refractivity contribution in [3.05, 3.63) is 78.4 Å². The lowest BCUT2D eigenvalue weighted by atomic mass is 10.0. The quantitative estimate of drug-likeness (QED) is 0.465. The highest BCUT2D eigenvalue weighted by Gasteiger charge is 2.07. The van der Waals surface area contributed by atoms with Crippen LogP contribution in [0.1, 0.15) is 0 Å². The highest BCUT2D eigenvalue weighted by atomic mass is 32.1. The molecule has 0 aliphatic heterocycles. The topological polar surface area (TPSA) is 12.9 Å². The zero-order valence-corrected chi connectivity index (χ0v) is 12.2. The van der Waals surface area contributed by atoms with Crippen molar-refractivity contribution in [2.24, 2.45) is 0 Å². The number of rotatable bonds is 2. The van der Waals surface area contributed by atoms with Crippen molar-refractivity contribution in [2.75, 3.05) is 0 Å². The number of fused-ring (bicyclic) bond motifs is 1. The molecule has 0 aliphatic rings. The van der Waals surface area contributed by atoms with Crippen molar-refractivity contribution in [3.63, 3.8) is 0 Å². The third-order valence-corrected chi connectivity index (χ3v) is 4.60. The van der Waals surface area contributed by atoms with E-state index < -0.39 is 0 Å². The second-order valence-corrected chi connectivity index (χ2v) is 5.88. The molecule has 2 heteroatoms. The summed E-state index contributed by atoms with van der Waals surface area (Å²) < 4.78 is 1.32. The Morgan fingerprint density at radius 2 is 1.62 bits per heavy atom. The minimum Gasteiger partial charge on any atom is -0.264 e. The van der Waals surface area contributed by atoms with Gasteiger partial charge in [0.15, 0.2) is 0 Å². The molecule has 0 saturated heterocycles. The Bertz CT molecular complexity index is 879. The van der Waals surface area contributed by atoms with Gasteiger partial charge in [0.1, 0.15) is 0 Å². The molecule has 100 valence electrons. The van der Waals surface area contributed by atoms with E-state index in [1.54, 1.807) is 11.3 Å². The SMILES string of the molecule is c1ccc(-c2ccc3c(-c4cccnc4)csc3c2)cc1. The number of thiophene rings is 1. The lowest BCUT2D eigenvalue weighted by Crippen LogP contribution is -1.79. The number of hydrogen-bond donors (Lipinski definition) is 0. The molecule has 4 aromatic rings. The van der Waals surface area contributed by atoms with E-state index in [9.17, 15) is 0 Å². The van der Waals surface area contributed by atoms with E-state index in [1.165, 1.54) is 32.3 Å². The summed E-state index contributed by atoms with van der Waals surface area (Å²) in [5, 5.41) is 3.52. The fourth-order valence-electron chi connectivity index (χ4n) is 2.58. The van der Waals surface area contributed by atoms with Crippen LogP contribution in [0, 0.1) is 0 Å². The number of aromatic nitrogens is 1. The third kappa shape index (κ3) is 2.24. The van der Waals surface area contributed by atoms with Gasteiger partial charge in [-0.1, -0.05) is 48.5 Å². The van der Waals surface area contributed by atoms with Gasteiger partial charge in [0.05, 0.1) is 0 Å². The summed E-state index contributed by atoms with van der Waals surface area (Å²) in [5.74, 6) is 0. The van der Waals surface area contributed by atoms with Crippen LogP contribution < -0.4 is 0 Å². The van der Waals surface area contributed by atoms with Crippen molar-refractivity contribution in [1.29, 1.82) is 0 Å². The maximum absolute atomic E-state index is 4.22. The molecule has 2 aromatic heterocycles. The average Bonchev–Trinajstić information content (AvgIpc) is 2.99. The molecule has 0 aliphatic carbocycles. The molecule has 0 saturated carbocycles. The van der Waals surface area contributed by atoms with Crippen LogP contribution in [-0.2, 0) is 0 Å². The molecule has 1 nitrogen and oxygen atoms in total. The molecule has 2 heterocycles. The van der Waals surface area contributed by atoms with E-state index in [2.05, 4.69) is 58.9 Å². The first-order chi connectivity index (χ1) is 10.4. The van der Waals surface area contributed by atoms with Gasteiger partial charge in [-0.05, 0) is 28.6 Å². The van der Waals surface area contributed by atoms with E-state index in [-0.39, 0.29) is 0 Å². The Balaban J connectivity index is 1.85. The number of benzene rings is 2. The van der Waals surface area contributed by atoms with Gasteiger partial charge in [-0.25, -0.2) is 0 Å². The van der Waals surface area contributed by atoms with E-state index in [1.807, 2.05) is 24.5 Å². The van der Waals surface area contributed by atoms with Gasteiger partial charge in [-0.15, -0.1) is 11.3 Å². The van der Waals surface area contributed by atoms with Gasteiger partial charge < -0.3 is 0 Å². The van der Waals surface area contributed by atoms with Crippen LogP contribution >= 0.6 is 11.3 Å². The Morgan fingerprint density at radius 1 is 0.762 bits per heavy atom. The monoisotopic (exact) mass is 287 g/mol. The van der Waals surface area contributed by atoms with Crippen molar-refractivity contribution in [1.82, 2.24) is 4.98 Å². The molecular formula is C19H13NS. The fourth-order valence-corrected chi connectivity index (χ4v) is 3.59. The van der Waals surface area contributed by atoms with E-state index >= 15 is 0 Å². The Labute approximate surface area is 127 Å². The van der Waals surface area contributed by atoms with Crippen LogP contribution in [0.5, 0.6) is 0 Å². The first-order valence-corrected chi connectivity index (χ1v) is 7.77. The standard InChI is InChI=1S/C19H13NS/c1-2-5-14(6-3-1)15-8-9-17-18(13-21-19(17)11-15)16-7-4-10-20-12-16/h1-13H. The summed E-state index contributed by atoms with van der Waals surface area (Å²) in [6.07, 6.45) is 3.73. The predicted molar refractivity (Wildman–Crippen MR) is 90.5 cm³/mol. The van der Waals surface area contributed by atoms with Crippen molar-refractivity contribution in [2.45, 2.75) is 0 Å². The molecule has 0 bridgehead atoms. The van der Waals surface area contributed by atoms with Gasteiger partial charge in [-0.2, -0.15) is 0 Å². The molecule has 0 spiro atoms. The van der Waals surface area contributed by atoms with E-state index in [0.29, 0.717) is 0 Å². The lowest BCUT2D eigenvalue weighted by molar-refractivity contribution is 1.33. The summed E-state index contributed by atoms with van der Waals surface area (Å²) in [6, 6.07) is 21.3. The molecule has 0 N–H and O–H groups in total. The Hall–Kier alpha value is -2.45. The Morgan fingerprint density at radius 3 is 2.43 bits per heavy atom. The van der Waals surface area contributed by atoms with E-state index in [0.717, 1.165) is 0 Å². The Kier molecular flexibility index (Phi) is 3.02. The van der Waals surface area contributed by atoms with Gasteiger partial charge >= 0.3 is 0 Å². The van der Waals surface area contributed by atoms with Crippen LogP contribution in [0.2, 0.25) is 0 Å². The second-order valence-electron chi connectivity index (χ2n) is 4.97. The molecule has 2 aromatic carbocycles. The van der Waals surface area contributed by atoms with Crippen LogP contribution in [0.25, 0.3) is 32.3 Å². The molecule has 0 fully saturated rings. The van der Waals surface area contributed by atoms with Crippen molar-refractivity contribution < 1.29 is 0 Å². The third-order valence-electron chi connectivity index (χ3n) is 3.66. The highest BCUT2D eigenvalue weighted by molar-refractivity contribution is 7.17. The van der Waals surface area contributed by atoms with Gasteiger partial charge in [0.2, 0.25) is 0 Å². The predicted octanol–water partition coefficient (Wildman–Crippen LogP) is 5.63. The lowest BCUT2D eigenvalue weighted by Gasteiger charge is -2.03. The van der Waals surface area contributed by atoms with Crippen LogP contribution in [0.3, 0.4) is 0 Å². The van der Waals surface area contributed by atoms with Crippen molar-refractivity contribution >= 4 is 21.4 Å². The summed E-state index contributed by atoms with van der Waals surface area (Å²) in [5.41, 5.74) is 4.97. The average molecular weight is 287 g/mol. The van der Waals surface area contributed by atoms with Crippen molar-refractivity contribution in [3.8, 4) is 22.3 Å². The molecule has 4 rings (SSSR count). The largest absolute Gasteiger partial charge is 0.264 e. The van der Waals surface area contributed by atoms with Gasteiger partial charge in [0, 0.05) is 33.6 Å². The van der Waals surface area contributed by atoms with Gasteiger partial charge in [0.25, 0.3) is 0 Å². The van der Waals surface area contributed by atoms with Crippen LogP contribution in [-0.4, -0.2) is 4.98 Å². The summed E-state index contributed by atoms with van der Waals surface area (Å²) in [4.78, 5) is 4.22. The maximum atomic E-state index is 4.22. The highest BCUT2D eigenvalue weighted by Crippen LogP contribution is 2.35. The molecule has 0 radical (unpaired) electrons. The maximum Gasteiger partial charge on any atom is 0.0355 e. The molecule has 21 heavy (non-hydrogen) atoms. The van der Waals surface area contributed by atoms with Gasteiger partial charge in [-0.3, -0.25) is 4.98 Å². The zero-order valence-electron chi connectivity index (χ0n) is 11.4. The summed E-state index contributed by atoms with van der Waals surface area (Å²) in [7, 11) is 0. The number of hydrogen-bond acceptors (Lipinski definition) is 2. The first kappa shape index (κ1) is 12.3. The fraction of sp³-hybridized carbons (Fsp3) is 0. The van der Waals surface area contributed by atoms with Crippen LogP contribution in [0.4, 0.5) is 0 Å². The second kappa shape index (κ2) is 5.15. The number of pyridine rings is 1.